The Labute approximate surface area is 133 Å². The van der Waals surface area contributed by atoms with Gasteiger partial charge in [-0.3, -0.25) is 10.0 Å². The highest BCUT2D eigenvalue weighted by atomic mass is 16.6. The smallest absolute Gasteiger partial charge is 0.431 e. The first kappa shape index (κ1) is 16.2. The summed E-state index contributed by atoms with van der Waals surface area (Å²) >= 11 is 0. The van der Waals surface area contributed by atoms with Crippen LogP contribution in [0.3, 0.4) is 0 Å². The van der Waals surface area contributed by atoms with Crippen LogP contribution in [0.5, 0.6) is 0 Å². The third-order valence-corrected chi connectivity index (χ3v) is 5.86. The largest absolute Gasteiger partial charge is 0.463 e. The van der Waals surface area contributed by atoms with Crippen LogP contribution in [0.15, 0.2) is 22.8 Å². The maximum absolute atomic E-state index is 12.7. The predicted molar refractivity (Wildman–Crippen MR) is 78.7 cm³/mol. The van der Waals surface area contributed by atoms with Crippen LogP contribution < -0.4 is 0 Å². The number of ketones is 1. The lowest BCUT2D eigenvalue weighted by molar-refractivity contribution is -0.138. The Morgan fingerprint density at radius 2 is 1.96 bits per heavy atom. The molecule has 3 atom stereocenters. The molecule has 7 nitrogen and oxygen atoms in total. The van der Waals surface area contributed by atoms with Crippen molar-refractivity contribution in [3.63, 3.8) is 0 Å². The topological polar surface area (TPSA) is 118 Å². The molecule has 126 valence electrons. The highest BCUT2D eigenvalue weighted by Gasteiger charge is 2.66. The SMILES string of the molecule is CC1=C2C(=C[C@@](C)(CN(O)C(=O)O)[C@@H]2O)C(=O)[C@](C)(O)C12CC2. The monoisotopic (exact) mass is 323 g/mol. The number of hydrogen-bond donors (Lipinski definition) is 4. The van der Waals surface area contributed by atoms with Crippen molar-refractivity contribution in [1.82, 2.24) is 5.06 Å². The van der Waals surface area contributed by atoms with E-state index < -0.39 is 34.4 Å². The number of fused-ring (bicyclic) bond motifs is 1. The van der Waals surface area contributed by atoms with Gasteiger partial charge in [0.25, 0.3) is 0 Å². The molecule has 0 aliphatic heterocycles. The fraction of sp³-hybridized carbons (Fsp3) is 0.625. The van der Waals surface area contributed by atoms with Crippen LogP contribution >= 0.6 is 0 Å². The van der Waals surface area contributed by atoms with Crippen molar-refractivity contribution in [3.05, 3.63) is 22.8 Å². The number of carbonyl (C=O) groups is 2. The second kappa shape index (κ2) is 4.43. The van der Waals surface area contributed by atoms with Crippen LogP contribution in [0.2, 0.25) is 0 Å². The predicted octanol–water partition coefficient (Wildman–Crippen LogP) is 1.09. The van der Waals surface area contributed by atoms with E-state index in [1.54, 1.807) is 13.8 Å². The van der Waals surface area contributed by atoms with Crippen LogP contribution in [0.4, 0.5) is 4.79 Å². The zero-order valence-corrected chi connectivity index (χ0v) is 13.3. The third-order valence-electron chi connectivity index (χ3n) is 5.86. The fourth-order valence-corrected chi connectivity index (χ4v) is 4.17. The van der Waals surface area contributed by atoms with Gasteiger partial charge in [0, 0.05) is 16.4 Å². The lowest BCUT2D eigenvalue weighted by Gasteiger charge is -2.40. The summed E-state index contributed by atoms with van der Waals surface area (Å²) in [6, 6.07) is 0. The van der Waals surface area contributed by atoms with Gasteiger partial charge in [-0.1, -0.05) is 18.6 Å². The molecular formula is C16H21NO6. The first-order valence-electron chi connectivity index (χ1n) is 7.57. The molecule has 4 N–H and O–H groups in total. The second-order valence-corrected chi connectivity index (χ2v) is 7.33. The van der Waals surface area contributed by atoms with E-state index >= 15 is 0 Å². The van der Waals surface area contributed by atoms with Gasteiger partial charge in [-0.2, -0.15) is 5.06 Å². The summed E-state index contributed by atoms with van der Waals surface area (Å²) in [4.78, 5) is 23.6. The van der Waals surface area contributed by atoms with Crippen molar-refractivity contribution >= 4 is 11.9 Å². The van der Waals surface area contributed by atoms with Gasteiger partial charge in [0.15, 0.2) is 5.78 Å². The highest BCUT2D eigenvalue weighted by molar-refractivity contribution is 6.09. The van der Waals surface area contributed by atoms with E-state index in [1.165, 1.54) is 13.0 Å². The Morgan fingerprint density at radius 3 is 2.43 bits per heavy atom. The van der Waals surface area contributed by atoms with Gasteiger partial charge in [-0.25, -0.2) is 4.79 Å². The number of carboxylic acid groups (broad SMARTS) is 1. The van der Waals surface area contributed by atoms with Crippen LogP contribution in [-0.4, -0.2) is 55.7 Å². The average molecular weight is 323 g/mol. The Bertz CT molecular complexity index is 672. The molecule has 1 saturated carbocycles. The lowest BCUT2D eigenvalue weighted by Crippen LogP contribution is -2.50. The number of aliphatic hydroxyl groups is 2. The van der Waals surface area contributed by atoms with Gasteiger partial charge in [-0.05, 0) is 32.3 Å². The molecule has 3 aliphatic carbocycles. The molecule has 3 aliphatic rings. The minimum absolute atomic E-state index is 0.100. The van der Waals surface area contributed by atoms with Crippen molar-refractivity contribution < 1.29 is 30.1 Å². The molecule has 0 unspecified atom stereocenters. The summed E-state index contributed by atoms with van der Waals surface area (Å²) < 4.78 is 0. The molecule has 3 rings (SSSR count). The number of hydroxylamine groups is 2. The van der Waals surface area contributed by atoms with Crippen LogP contribution in [0.1, 0.15) is 33.6 Å². The fourth-order valence-electron chi connectivity index (χ4n) is 4.17. The van der Waals surface area contributed by atoms with E-state index in [-0.39, 0.29) is 17.2 Å². The van der Waals surface area contributed by atoms with Gasteiger partial charge in [0.05, 0.1) is 12.6 Å². The molecular weight excluding hydrogens is 302 g/mol. The number of amides is 1. The van der Waals surface area contributed by atoms with E-state index in [4.69, 9.17) is 5.11 Å². The van der Waals surface area contributed by atoms with Crippen molar-refractivity contribution in [2.75, 3.05) is 6.54 Å². The Hall–Kier alpha value is -1.70. The molecule has 0 aromatic heterocycles. The van der Waals surface area contributed by atoms with E-state index in [1.807, 2.05) is 0 Å². The number of rotatable bonds is 2. The summed E-state index contributed by atoms with van der Waals surface area (Å²) in [5.74, 6) is -0.446. The molecule has 0 aromatic rings. The van der Waals surface area contributed by atoms with Crippen molar-refractivity contribution in [3.8, 4) is 0 Å². The van der Waals surface area contributed by atoms with Crippen molar-refractivity contribution in [2.45, 2.75) is 45.3 Å². The molecule has 0 bridgehead atoms. The van der Waals surface area contributed by atoms with Crippen LogP contribution in [0.25, 0.3) is 0 Å². The molecule has 0 radical (unpaired) electrons. The maximum atomic E-state index is 12.7. The van der Waals surface area contributed by atoms with Gasteiger partial charge in [0.2, 0.25) is 0 Å². The Kier molecular flexibility index (Phi) is 3.12. The summed E-state index contributed by atoms with van der Waals surface area (Å²) in [6.07, 6.45) is 0.200. The van der Waals surface area contributed by atoms with Crippen molar-refractivity contribution in [1.29, 1.82) is 0 Å². The van der Waals surface area contributed by atoms with Crippen molar-refractivity contribution in [2.24, 2.45) is 10.8 Å². The summed E-state index contributed by atoms with van der Waals surface area (Å²) in [5, 5.41) is 39.9. The van der Waals surface area contributed by atoms with Crippen LogP contribution in [0, 0.1) is 10.8 Å². The highest BCUT2D eigenvalue weighted by Crippen LogP contribution is 2.65. The minimum atomic E-state index is -1.53. The molecule has 7 heteroatoms. The molecule has 0 saturated heterocycles. The first-order chi connectivity index (χ1) is 10.5. The standard InChI is InChI=1S/C16H21NO6/c1-8-10-9(11(18)15(3,22)16(8)4-5-16)6-14(2,12(10)19)7-17(23)13(20)21/h6,12,19,22-23H,4-5,7H2,1-3H3,(H,20,21)/t12-,14+,15+/m1/s1. The molecule has 0 aromatic carbocycles. The first-order valence-corrected chi connectivity index (χ1v) is 7.57. The minimum Gasteiger partial charge on any atom is -0.463 e. The zero-order valence-electron chi connectivity index (χ0n) is 13.3. The summed E-state index contributed by atoms with van der Waals surface area (Å²) in [7, 11) is 0. The summed E-state index contributed by atoms with van der Waals surface area (Å²) in [6.45, 7) is 4.52. The number of Topliss-reactive ketones (excluding diaryl/α,β-unsaturated/α-hetero) is 1. The lowest BCUT2D eigenvalue weighted by atomic mass is 9.67. The molecule has 23 heavy (non-hydrogen) atoms. The Morgan fingerprint density at radius 1 is 1.39 bits per heavy atom. The molecule has 0 heterocycles. The summed E-state index contributed by atoms with van der Waals surface area (Å²) in [5.41, 5.74) is -1.80. The molecule has 1 spiro atoms. The second-order valence-electron chi connectivity index (χ2n) is 7.33. The van der Waals surface area contributed by atoms with Gasteiger partial charge < -0.3 is 15.3 Å². The quantitative estimate of drug-likeness (QED) is 0.446. The average Bonchev–Trinajstić information content (AvgIpc) is 3.21. The van der Waals surface area contributed by atoms with E-state index in [2.05, 4.69) is 0 Å². The van der Waals surface area contributed by atoms with Gasteiger partial charge >= 0.3 is 6.09 Å². The van der Waals surface area contributed by atoms with E-state index in [0.717, 1.165) is 5.57 Å². The number of aliphatic hydroxyl groups excluding tert-OH is 1. The Balaban J connectivity index is 2.09. The molecule has 1 fully saturated rings. The number of carbonyl (C=O) groups excluding carboxylic acids is 1. The maximum Gasteiger partial charge on any atom is 0.431 e. The van der Waals surface area contributed by atoms with Gasteiger partial charge in [-0.15, -0.1) is 0 Å². The molecule has 1 amide bonds. The van der Waals surface area contributed by atoms with E-state index in [9.17, 15) is 25.0 Å². The third kappa shape index (κ3) is 1.87. The van der Waals surface area contributed by atoms with E-state index in [0.29, 0.717) is 18.4 Å². The normalized spacial score (nSPS) is 37.7. The zero-order chi connectivity index (χ0) is 17.4. The van der Waals surface area contributed by atoms with Crippen LogP contribution in [-0.2, 0) is 4.79 Å². The number of nitrogens with zero attached hydrogens (tertiary/aromatic N) is 1. The van der Waals surface area contributed by atoms with Gasteiger partial charge in [0.1, 0.15) is 5.60 Å². The number of hydrogen-bond acceptors (Lipinski definition) is 5.